The molecule has 0 amide bonds. The summed E-state index contributed by atoms with van der Waals surface area (Å²) >= 11 is 0. The highest BCUT2D eigenvalue weighted by atomic mass is 15.0. The van der Waals surface area contributed by atoms with Crippen molar-refractivity contribution < 1.29 is 0 Å². The average Bonchev–Trinajstić information content (AvgIpc) is 3.96. The molecule has 1 aliphatic carbocycles. The van der Waals surface area contributed by atoms with Crippen molar-refractivity contribution >= 4 is 43.6 Å². The lowest BCUT2D eigenvalue weighted by atomic mass is 9.67. The van der Waals surface area contributed by atoms with Crippen LogP contribution in [-0.2, 0) is 5.41 Å². The predicted molar refractivity (Wildman–Crippen MR) is 247 cm³/mol. The Kier molecular flexibility index (Phi) is 7.54. The molecule has 0 radical (unpaired) electrons. The van der Waals surface area contributed by atoms with Crippen LogP contribution in [0, 0.1) is 22.7 Å². The number of nitrogens with zero attached hydrogens (tertiary/aromatic N) is 4. The smallest absolute Gasteiger partial charge is 0.101 e. The topological polar surface area (TPSA) is 57.4 Å². The number of rotatable bonds is 5. The van der Waals surface area contributed by atoms with Gasteiger partial charge < -0.3 is 9.13 Å². The summed E-state index contributed by atoms with van der Waals surface area (Å²) < 4.78 is 4.57. The number of fused-ring (bicyclic) bond motifs is 10. The maximum Gasteiger partial charge on any atom is 0.101 e. The molecule has 0 spiro atoms. The molecule has 4 nitrogen and oxygen atoms in total. The highest BCUT2D eigenvalue weighted by molar-refractivity contribution is 6.19. The maximum atomic E-state index is 11.0. The largest absolute Gasteiger partial charge is 0.309 e. The van der Waals surface area contributed by atoms with Gasteiger partial charge in [0.1, 0.15) is 6.07 Å². The van der Waals surface area contributed by atoms with E-state index < -0.39 is 5.41 Å². The molecule has 282 valence electrons. The first kappa shape index (κ1) is 34.6. The molecule has 0 N–H and O–H groups in total. The summed E-state index contributed by atoms with van der Waals surface area (Å²) in [6, 6.07) is 77.7. The molecule has 0 fully saturated rings. The third-order valence-corrected chi connectivity index (χ3v) is 12.8. The number of nitriles is 2. The first-order chi connectivity index (χ1) is 30.2. The number of aromatic nitrogens is 2. The van der Waals surface area contributed by atoms with Crippen LogP contribution in [0.2, 0.25) is 0 Å². The van der Waals surface area contributed by atoms with Crippen molar-refractivity contribution in [3.63, 3.8) is 0 Å². The minimum Gasteiger partial charge on any atom is -0.309 e. The van der Waals surface area contributed by atoms with E-state index in [-0.39, 0.29) is 0 Å². The van der Waals surface area contributed by atoms with Crippen LogP contribution in [0.15, 0.2) is 206 Å². The summed E-state index contributed by atoms with van der Waals surface area (Å²) in [5, 5.41) is 26.0. The van der Waals surface area contributed by atoms with Gasteiger partial charge in [0.25, 0.3) is 0 Å². The molecule has 2 aromatic heterocycles. The number of hydrogen-bond acceptors (Lipinski definition) is 2. The Hall–Kier alpha value is -8.44. The van der Waals surface area contributed by atoms with E-state index >= 15 is 0 Å². The van der Waals surface area contributed by atoms with E-state index in [1.165, 1.54) is 44.2 Å². The third-order valence-electron chi connectivity index (χ3n) is 12.8. The Morgan fingerprint density at radius 1 is 0.410 bits per heavy atom. The summed E-state index contributed by atoms with van der Waals surface area (Å²) in [6.07, 6.45) is 0. The fourth-order valence-electron chi connectivity index (χ4n) is 10.5. The molecular formula is C57H34N4. The van der Waals surface area contributed by atoms with Crippen molar-refractivity contribution in [1.82, 2.24) is 9.13 Å². The van der Waals surface area contributed by atoms with Crippen LogP contribution in [0.5, 0.6) is 0 Å². The highest BCUT2D eigenvalue weighted by Gasteiger charge is 2.47. The van der Waals surface area contributed by atoms with Crippen LogP contribution in [-0.4, -0.2) is 9.13 Å². The van der Waals surface area contributed by atoms with Gasteiger partial charge in [0.05, 0.1) is 50.4 Å². The van der Waals surface area contributed by atoms with Crippen molar-refractivity contribution in [3.8, 4) is 45.8 Å². The van der Waals surface area contributed by atoms with Crippen LogP contribution >= 0.6 is 0 Å². The van der Waals surface area contributed by atoms with Gasteiger partial charge in [-0.3, -0.25) is 0 Å². The van der Waals surface area contributed by atoms with Gasteiger partial charge in [0.15, 0.2) is 0 Å². The molecule has 9 aromatic carbocycles. The van der Waals surface area contributed by atoms with Gasteiger partial charge in [-0.1, -0.05) is 158 Å². The predicted octanol–water partition coefficient (Wildman–Crippen LogP) is 13.7. The Labute approximate surface area is 352 Å². The van der Waals surface area contributed by atoms with E-state index in [9.17, 15) is 10.5 Å². The Balaban J connectivity index is 1.18. The second-order valence-electron chi connectivity index (χ2n) is 15.8. The molecular weight excluding hydrogens is 741 g/mol. The molecule has 0 saturated heterocycles. The number of para-hydroxylation sites is 3. The van der Waals surface area contributed by atoms with E-state index in [0.717, 1.165) is 55.3 Å². The molecule has 0 saturated carbocycles. The second-order valence-corrected chi connectivity index (χ2v) is 15.8. The van der Waals surface area contributed by atoms with E-state index in [0.29, 0.717) is 11.1 Å². The summed E-state index contributed by atoms with van der Waals surface area (Å²) in [7, 11) is 0. The van der Waals surface area contributed by atoms with Gasteiger partial charge in [-0.05, 0) is 87.5 Å². The molecule has 12 rings (SSSR count). The van der Waals surface area contributed by atoms with Crippen LogP contribution in [0.25, 0.3) is 77.2 Å². The summed E-state index contributed by atoms with van der Waals surface area (Å²) in [5.74, 6) is 0. The van der Waals surface area contributed by atoms with E-state index in [4.69, 9.17) is 0 Å². The molecule has 0 unspecified atom stereocenters. The zero-order valence-corrected chi connectivity index (χ0v) is 32.9. The molecule has 0 atom stereocenters. The van der Waals surface area contributed by atoms with Crippen molar-refractivity contribution in [3.05, 3.63) is 240 Å². The second kappa shape index (κ2) is 13.3. The Morgan fingerprint density at radius 3 is 1.66 bits per heavy atom. The van der Waals surface area contributed by atoms with Gasteiger partial charge >= 0.3 is 0 Å². The highest BCUT2D eigenvalue weighted by Crippen LogP contribution is 2.59. The van der Waals surface area contributed by atoms with Crippen LogP contribution in [0.1, 0.15) is 33.4 Å². The van der Waals surface area contributed by atoms with Crippen molar-refractivity contribution in [2.24, 2.45) is 0 Å². The lowest BCUT2D eigenvalue weighted by Crippen LogP contribution is -2.28. The zero-order valence-electron chi connectivity index (χ0n) is 32.9. The fourth-order valence-corrected chi connectivity index (χ4v) is 10.5. The maximum absolute atomic E-state index is 11.0. The lowest BCUT2D eigenvalue weighted by Gasteiger charge is -2.33. The van der Waals surface area contributed by atoms with Crippen LogP contribution in [0.4, 0.5) is 0 Å². The summed E-state index contributed by atoms with van der Waals surface area (Å²) in [5.41, 5.74) is 15.2. The monoisotopic (exact) mass is 774 g/mol. The molecule has 0 bridgehead atoms. The zero-order chi connectivity index (χ0) is 40.7. The minimum absolute atomic E-state index is 0.433. The Bertz CT molecular complexity index is 3580. The molecule has 2 heterocycles. The van der Waals surface area contributed by atoms with E-state index in [1.54, 1.807) is 6.07 Å². The van der Waals surface area contributed by atoms with Gasteiger partial charge in [0.2, 0.25) is 0 Å². The van der Waals surface area contributed by atoms with Crippen LogP contribution < -0.4 is 0 Å². The first-order valence-corrected chi connectivity index (χ1v) is 20.6. The van der Waals surface area contributed by atoms with Gasteiger partial charge in [-0.25, -0.2) is 0 Å². The molecule has 1 aliphatic rings. The third kappa shape index (κ3) is 4.79. The minimum atomic E-state index is -0.559. The number of hydrogen-bond donors (Lipinski definition) is 0. The van der Waals surface area contributed by atoms with E-state index in [2.05, 4.69) is 215 Å². The molecule has 4 heteroatoms. The lowest BCUT2D eigenvalue weighted by molar-refractivity contribution is 0.769. The van der Waals surface area contributed by atoms with Gasteiger partial charge in [-0.2, -0.15) is 10.5 Å². The quantitative estimate of drug-likeness (QED) is 0.175. The average molecular weight is 775 g/mol. The molecule has 61 heavy (non-hydrogen) atoms. The molecule has 0 aliphatic heterocycles. The van der Waals surface area contributed by atoms with Crippen molar-refractivity contribution in [2.45, 2.75) is 5.41 Å². The van der Waals surface area contributed by atoms with Crippen molar-refractivity contribution in [2.75, 3.05) is 0 Å². The molecule has 11 aromatic rings. The van der Waals surface area contributed by atoms with Crippen LogP contribution in [0.3, 0.4) is 0 Å². The SMILES string of the molecule is N#Cc1cc(C#N)c(-n2c3ccccc3c3c4c(ccc32)C(c2ccccc2)(c2ccccc2)c2ccccc2-4)c(-c2cccc(-n3c4ccccc4c4ccccc43)c2)c1. The summed E-state index contributed by atoms with van der Waals surface area (Å²) in [6.45, 7) is 0. The fraction of sp³-hybridized carbons (Fsp3) is 0.0175. The summed E-state index contributed by atoms with van der Waals surface area (Å²) in [4.78, 5) is 0. The van der Waals surface area contributed by atoms with Gasteiger partial charge in [-0.15, -0.1) is 0 Å². The normalized spacial score (nSPS) is 12.7. The number of benzene rings is 9. The van der Waals surface area contributed by atoms with Gasteiger partial charge in [0, 0.05) is 32.8 Å². The van der Waals surface area contributed by atoms with Crippen molar-refractivity contribution in [1.29, 1.82) is 10.5 Å². The Morgan fingerprint density at radius 2 is 1.00 bits per heavy atom. The standard InChI is InChI=1S/C57H34N4/c58-35-37-32-39(36-59)56(47(33-37)38-16-15-21-42(34-38)60-50-27-12-8-22-43(50)44-23-9-13-28-51(44)60)61-52-29-14-10-25-46(52)55-53(61)31-30-49-54(55)45-24-7-11-26-48(45)57(49,40-17-3-1-4-18-40)41-19-5-2-6-20-41/h1-34H. The first-order valence-electron chi connectivity index (χ1n) is 20.6. The van der Waals surface area contributed by atoms with E-state index in [1.807, 2.05) is 6.07 Å².